The lowest BCUT2D eigenvalue weighted by Crippen LogP contribution is -2.00. The number of nitro groups is 1. The van der Waals surface area contributed by atoms with Gasteiger partial charge in [0, 0.05) is 11.8 Å². The van der Waals surface area contributed by atoms with Gasteiger partial charge in [0.1, 0.15) is 10.8 Å². The fourth-order valence-electron chi connectivity index (χ4n) is 1.53. The molecule has 1 N–H and O–H groups in total. The van der Waals surface area contributed by atoms with Crippen LogP contribution < -0.4 is 5.32 Å². The summed E-state index contributed by atoms with van der Waals surface area (Å²) in [5.41, 5.74) is 1.66. The van der Waals surface area contributed by atoms with Gasteiger partial charge in [-0.3, -0.25) is 10.1 Å². The molecular formula is C12H11ClN2O3. The second kappa shape index (κ2) is 5.10. The number of halogens is 1. The molecule has 1 aromatic heterocycles. The summed E-state index contributed by atoms with van der Waals surface area (Å²) >= 11 is 5.81. The van der Waals surface area contributed by atoms with Gasteiger partial charge in [-0.15, -0.1) is 0 Å². The van der Waals surface area contributed by atoms with Crippen molar-refractivity contribution in [1.82, 2.24) is 0 Å². The SMILES string of the molecule is Cc1ccoc1CNc1ccc([N+](=O)[O-])c(Cl)c1. The minimum atomic E-state index is -0.511. The number of nitro benzene ring substituents is 1. The molecule has 1 aromatic carbocycles. The Bertz CT molecular complexity index is 580. The molecule has 0 unspecified atom stereocenters. The number of furan rings is 1. The lowest BCUT2D eigenvalue weighted by Gasteiger charge is -2.05. The Kier molecular flexibility index (Phi) is 3.53. The zero-order valence-corrected chi connectivity index (χ0v) is 10.4. The highest BCUT2D eigenvalue weighted by Crippen LogP contribution is 2.27. The number of aryl methyl sites for hydroxylation is 1. The molecule has 6 heteroatoms. The van der Waals surface area contributed by atoms with Crippen molar-refractivity contribution < 1.29 is 9.34 Å². The average molecular weight is 267 g/mol. The third-order valence-corrected chi connectivity index (χ3v) is 2.87. The highest BCUT2D eigenvalue weighted by molar-refractivity contribution is 6.32. The number of nitrogens with zero attached hydrogens (tertiary/aromatic N) is 1. The summed E-state index contributed by atoms with van der Waals surface area (Å²) in [4.78, 5) is 10.1. The van der Waals surface area contributed by atoms with E-state index in [1.807, 2.05) is 13.0 Å². The molecule has 2 rings (SSSR count). The minimum absolute atomic E-state index is 0.101. The lowest BCUT2D eigenvalue weighted by molar-refractivity contribution is -0.384. The van der Waals surface area contributed by atoms with Crippen LogP contribution in [-0.4, -0.2) is 4.92 Å². The normalized spacial score (nSPS) is 10.3. The van der Waals surface area contributed by atoms with Crippen molar-refractivity contribution in [2.24, 2.45) is 0 Å². The van der Waals surface area contributed by atoms with E-state index in [4.69, 9.17) is 16.0 Å². The summed E-state index contributed by atoms with van der Waals surface area (Å²) in [6.45, 7) is 2.45. The first kappa shape index (κ1) is 12.4. The average Bonchev–Trinajstić information content (AvgIpc) is 2.72. The van der Waals surface area contributed by atoms with Gasteiger partial charge in [0.05, 0.1) is 17.7 Å². The summed E-state index contributed by atoms with van der Waals surface area (Å²) < 4.78 is 5.27. The molecule has 1 heterocycles. The molecule has 0 radical (unpaired) electrons. The van der Waals surface area contributed by atoms with E-state index in [0.717, 1.165) is 11.3 Å². The number of nitrogens with one attached hydrogen (secondary N) is 1. The highest BCUT2D eigenvalue weighted by atomic mass is 35.5. The van der Waals surface area contributed by atoms with Crippen LogP contribution in [0.3, 0.4) is 0 Å². The van der Waals surface area contributed by atoms with Crippen LogP contribution in [0.1, 0.15) is 11.3 Å². The first-order chi connectivity index (χ1) is 8.58. The molecule has 0 atom stereocenters. The van der Waals surface area contributed by atoms with Crippen molar-refractivity contribution in [3.05, 3.63) is 57.0 Å². The van der Waals surface area contributed by atoms with E-state index in [0.29, 0.717) is 12.2 Å². The quantitative estimate of drug-likeness (QED) is 0.676. The molecule has 18 heavy (non-hydrogen) atoms. The number of anilines is 1. The van der Waals surface area contributed by atoms with Crippen LogP contribution in [0.4, 0.5) is 11.4 Å². The summed E-state index contributed by atoms with van der Waals surface area (Å²) in [6, 6.07) is 6.39. The fraction of sp³-hybridized carbons (Fsp3) is 0.167. The smallest absolute Gasteiger partial charge is 0.288 e. The Morgan fingerprint density at radius 2 is 2.22 bits per heavy atom. The van der Waals surface area contributed by atoms with Crippen molar-refractivity contribution in [2.45, 2.75) is 13.5 Å². The van der Waals surface area contributed by atoms with Gasteiger partial charge in [-0.25, -0.2) is 0 Å². The minimum Gasteiger partial charge on any atom is -0.467 e. The molecule has 0 spiro atoms. The van der Waals surface area contributed by atoms with E-state index in [2.05, 4.69) is 5.32 Å². The molecule has 0 amide bonds. The maximum absolute atomic E-state index is 10.6. The molecule has 2 aromatic rings. The first-order valence-electron chi connectivity index (χ1n) is 5.28. The lowest BCUT2D eigenvalue weighted by atomic mass is 10.2. The van der Waals surface area contributed by atoms with Crippen molar-refractivity contribution in [3.63, 3.8) is 0 Å². The standard InChI is InChI=1S/C12H11ClN2O3/c1-8-4-5-18-12(8)7-14-9-2-3-11(15(16)17)10(13)6-9/h2-6,14H,7H2,1H3. The molecule has 0 aliphatic heterocycles. The summed E-state index contributed by atoms with van der Waals surface area (Å²) in [7, 11) is 0. The largest absolute Gasteiger partial charge is 0.467 e. The Hall–Kier alpha value is -2.01. The number of hydrogen-bond donors (Lipinski definition) is 1. The van der Waals surface area contributed by atoms with Gasteiger partial charge in [0.15, 0.2) is 0 Å². The molecule has 94 valence electrons. The monoisotopic (exact) mass is 266 g/mol. The van der Waals surface area contributed by atoms with Crippen molar-refractivity contribution in [1.29, 1.82) is 0 Å². The summed E-state index contributed by atoms with van der Waals surface area (Å²) in [5.74, 6) is 0.824. The summed E-state index contributed by atoms with van der Waals surface area (Å²) in [5, 5.41) is 13.8. The van der Waals surface area contributed by atoms with E-state index >= 15 is 0 Å². The maximum Gasteiger partial charge on any atom is 0.288 e. The highest BCUT2D eigenvalue weighted by Gasteiger charge is 2.12. The van der Waals surface area contributed by atoms with E-state index in [9.17, 15) is 10.1 Å². The predicted octanol–water partition coefficient (Wildman–Crippen LogP) is 3.76. The zero-order valence-electron chi connectivity index (χ0n) is 9.64. The molecule has 0 fully saturated rings. The topological polar surface area (TPSA) is 68.3 Å². The van der Waals surface area contributed by atoms with Gasteiger partial charge in [0.2, 0.25) is 0 Å². The van der Waals surface area contributed by atoms with Gasteiger partial charge < -0.3 is 9.73 Å². The Labute approximate surface area is 109 Å². The molecule has 5 nitrogen and oxygen atoms in total. The van der Waals surface area contributed by atoms with E-state index in [1.165, 1.54) is 12.1 Å². The second-order valence-corrected chi connectivity index (χ2v) is 4.21. The zero-order chi connectivity index (χ0) is 13.1. The van der Waals surface area contributed by atoms with E-state index in [1.54, 1.807) is 12.3 Å². The van der Waals surface area contributed by atoms with Gasteiger partial charge in [-0.1, -0.05) is 11.6 Å². The van der Waals surface area contributed by atoms with Crippen LogP contribution in [0.25, 0.3) is 0 Å². The Morgan fingerprint density at radius 3 is 2.78 bits per heavy atom. The predicted molar refractivity (Wildman–Crippen MR) is 68.9 cm³/mol. The Morgan fingerprint density at radius 1 is 1.44 bits per heavy atom. The third kappa shape index (κ3) is 2.62. The van der Waals surface area contributed by atoms with Gasteiger partial charge in [-0.05, 0) is 30.7 Å². The first-order valence-corrected chi connectivity index (χ1v) is 5.66. The molecule has 0 bridgehead atoms. The number of rotatable bonds is 4. The fourth-order valence-corrected chi connectivity index (χ4v) is 1.78. The number of benzene rings is 1. The van der Waals surface area contributed by atoms with Crippen LogP contribution in [0.15, 0.2) is 34.9 Å². The summed E-state index contributed by atoms with van der Waals surface area (Å²) in [6.07, 6.45) is 1.62. The molecule has 0 saturated carbocycles. The molecule has 0 aliphatic rings. The van der Waals surface area contributed by atoms with Crippen LogP contribution in [-0.2, 0) is 6.54 Å². The van der Waals surface area contributed by atoms with Crippen LogP contribution in [0.2, 0.25) is 5.02 Å². The van der Waals surface area contributed by atoms with Crippen molar-refractivity contribution in [3.8, 4) is 0 Å². The number of hydrogen-bond acceptors (Lipinski definition) is 4. The molecule has 0 aliphatic carbocycles. The van der Waals surface area contributed by atoms with Crippen LogP contribution >= 0.6 is 11.6 Å². The Balaban J connectivity index is 2.09. The van der Waals surface area contributed by atoms with Crippen molar-refractivity contribution >= 4 is 23.0 Å². The maximum atomic E-state index is 10.6. The third-order valence-electron chi connectivity index (χ3n) is 2.57. The van der Waals surface area contributed by atoms with Crippen LogP contribution in [0.5, 0.6) is 0 Å². The molecule has 0 saturated heterocycles. The van der Waals surface area contributed by atoms with Crippen molar-refractivity contribution in [2.75, 3.05) is 5.32 Å². The van der Waals surface area contributed by atoms with E-state index in [-0.39, 0.29) is 10.7 Å². The molecular weight excluding hydrogens is 256 g/mol. The van der Waals surface area contributed by atoms with E-state index < -0.39 is 4.92 Å². The van der Waals surface area contributed by atoms with Gasteiger partial charge in [0.25, 0.3) is 5.69 Å². The second-order valence-electron chi connectivity index (χ2n) is 3.80. The van der Waals surface area contributed by atoms with Crippen LogP contribution in [0, 0.1) is 17.0 Å². The van der Waals surface area contributed by atoms with Gasteiger partial charge in [-0.2, -0.15) is 0 Å². The van der Waals surface area contributed by atoms with Gasteiger partial charge >= 0.3 is 0 Å².